The highest BCUT2D eigenvalue weighted by Gasteiger charge is 2.35. The van der Waals surface area contributed by atoms with E-state index in [9.17, 15) is 4.79 Å². The van der Waals surface area contributed by atoms with Gasteiger partial charge in [-0.1, -0.05) is 0 Å². The number of rotatable bonds is 7. The van der Waals surface area contributed by atoms with Gasteiger partial charge in [0, 0.05) is 25.0 Å². The monoisotopic (exact) mass is 270 g/mol. The Bertz CT molecular complexity index is 302. The standard InChI is InChI=1S/C14H26N2OS/c1-10(15(3)12-5-6-12)4-9-14(18)16(11(2)17)13-7-8-13/h10,12-14,18H,4-9H2,1-3H3. The Labute approximate surface area is 116 Å². The lowest BCUT2D eigenvalue weighted by Gasteiger charge is -2.30. The second-order valence-corrected chi connectivity index (χ2v) is 6.56. The van der Waals surface area contributed by atoms with E-state index in [1.165, 1.54) is 12.8 Å². The summed E-state index contributed by atoms with van der Waals surface area (Å²) in [6.07, 6.45) is 7.15. The molecule has 2 fully saturated rings. The molecule has 0 aliphatic heterocycles. The highest BCUT2D eigenvalue weighted by Crippen LogP contribution is 2.32. The first-order valence-electron chi connectivity index (χ1n) is 7.19. The minimum atomic E-state index is 0.102. The lowest BCUT2D eigenvalue weighted by Crippen LogP contribution is -2.39. The van der Waals surface area contributed by atoms with Crippen LogP contribution in [0.1, 0.15) is 52.4 Å². The van der Waals surface area contributed by atoms with Crippen LogP contribution in [0.5, 0.6) is 0 Å². The van der Waals surface area contributed by atoms with Crippen molar-refractivity contribution in [2.75, 3.05) is 7.05 Å². The second kappa shape index (κ2) is 5.83. The molecule has 0 aromatic heterocycles. The molecular weight excluding hydrogens is 244 g/mol. The van der Waals surface area contributed by atoms with Crippen LogP contribution in [0.3, 0.4) is 0 Å². The molecule has 2 saturated carbocycles. The maximum atomic E-state index is 11.6. The Morgan fingerprint density at radius 3 is 2.22 bits per heavy atom. The van der Waals surface area contributed by atoms with Gasteiger partial charge in [0.25, 0.3) is 0 Å². The van der Waals surface area contributed by atoms with Crippen molar-refractivity contribution in [3.8, 4) is 0 Å². The smallest absolute Gasteiger partial charge is 0.220 e. The number of hydrogen-bond acceptors (Lipinski definition) is 3. The van der Waals surface area contributed by atoms with Crippen LogP contribution in [-0.2, 0) is 4.79 Å². The highest BCUT2D eigenvalue weighted by molar-refractivity contribution is 7.80. The Balaban J connectivity index is 1.75. The predicted molar refractivity (Wildman–Crippen MR) is 77.8 cm³/mol. The number of carbonyl (C=O) groups is 1. The summed E-state index contributed by atoms with van der Waals surface area (Å²) >= 11 is 4.64. The summed E-state index contributed by atoms with van der Waals surface area (Å²) in [7, 11) is 2.22. The van der Waals surface area contributed by atoms with Crippen molar-refractivity contribution in [3.05, 3.63) is 0 Å². The van der Waals surface area contributed by atoms with Gasteiger partial charge in [-0.2, -0.15) is 12.6 Å². The van der Waals surface area contributed by atoms with Crippen LogP contribution in [-0.4, -0.2) is 46.3 Å². The summed E-state index contributed by atoms with van der Waals surface area (Å²) in [5.74, 6) is 0.181. The molecule has 1 amide bonds. The van der Waals surface area contributed by atoms with E-state index in [4.69, 9.17) is 0 Å². The van der Waals surface area contributed by atoms with E-state index < -0.39 is 0 Å². The van der Waals surface area contributed by atoms with Crippen molar-refractivity contribution in [1.29, 1.82) is 0 Å². The summed E-state index contributed by atoms with van der Waals surface area (Å²) in [4.78, 5) is 16.1. The molecule has 0 saturated heterocycles. The molecule has 2 aliphatic rings. The number of hydrogen-bond donors (Lipinski definition) is 1. The van der Waals surface area contributed by atoms with E-state index in [0.717, 1.165) is 31.7 Å². The molecular formula is C14H26N2OS. The van der Waals surface area contributed by atoms with E-state index in [0.29, 0.717) is 12.1 Å². The van der Waals surface area contributed by atoms with Crippen molar-refractivity contribution in [1.82, 2.24) is 9.80 Å². The number of carbonyl (C=O) groups excluding carboxylic acids is 1. The van der Waals surface area contributed by atoms with Crippen LogP contribution < -0.4 is 0 Å². The van der Waals surface area contributed by atoms with Gasteiger partial charge in [0.05, 0.1) is 5.37 Å². The third kappa shape index (κ3) is 3.64. The third-order valence-electron chi connectivity index (χ3n) is 4.29. The van der Waals surface area contributed by atoms with Crippen molar-refractivity contribution in [3.63, 3.8) is 0 Å². The Kier molecular flexibility index (Phi) is 4.59. The molecule has 0 aromatic carbocycles. The zero-order chi connectivity index (χ0) is 13.3. The molecule has 2 unspecified atom stereocenters. The Hall–Kier alpha value is -0.220. The minimum absolute atomic E-state index is 0.102. The summed E-state index contributed by atoms with van der Waals surface area (Å²) in [5, 5.41) is 0.102. The van der Waals surface area contributed by atoms with Gasteiger partial charge in [-0.15, -0.1) is 0 Å². The first kappa shape index (κ1) is 14.2. The molecule has 2 aliphatic carbocycles. The Morgan fingerprint density at radius 1 is 1.22 bits per heavy atom. The zero-order valence-electron chi connectivity index (χ0n) is 11.8. The lowest BCUT2D eigenvalue weighted by atomic mass is 10.1. The van der Waals surface area contributed by atoms with Gasteiger partial charge in [-0.25, -0.2) is 0 Å². The number of nitrogens with zero attached hydrogens (tertiary/aromatic N) is 2. The van der Waals surface area contributed by atoms with Crippen molar-refractivity contribution < 1.29 is 4.79 Å². The molecule has 3 nitrogen and oxygen atoms in total. The van der Waals surface area contributed by atoms with E-state index in [-0.39, 0.29) is 11.3 Å². The molecule has 2 rings (SSSR count). The predicted octanol–water partition coefficient (Wildman–Crippen LogP) is 2.52. The molecule has 0 heterocycles. The van der Waals surface area contributed by atoms with Gasteiger partial charge in [-0.3, -0.25) is 4.79 Å². The quantitative estimate of drug-likeness (QED) is 0.567. The van der Waals surface area contributed by atoms with Crippen LogP contribution >= 0.6 is 12.6 Å². The van der Waals surface area contributed by atoms with Gasteiger partial charge >= 0.3 is 0 Å². The van der Waals surface area contributed by atoms with Crippen molar-refractivity contribution in [2.45, 2.75) is 75.9 Å². The van der Waals surface area contributed by atoms with Crippen molar-refractivity contribution >= 4 is 18.5 Å². The van der Waals surface area contributed by atoms with E-state index in [1.807, 2.05) is 4.90 Å². The van der Waals surface area contributed by atoms with Gasteiger partial charge in [-0.05, 0) is 52.5 Å². The van der Waals surface area contributed by atoms with Gasteiger partial charge < -0.3 is 9.80 Å². The molecule has 0 aromatic rings. The fourth-order valence-corrected chi connectivity index (χ4v) is 3.14. The first-order chi connectivity index (χ1) is 8.50. The average Bonchev–Trinajstić information content (AvgIpc) is 3.14. The third-order valence-corrected chi connectivity index (χ3v) is 4.79. The normalized spacial score (nSPS) is 22.9. The van der Waals surface area contributed by atoms with Crippen LogP contribution in [0, 0.1) is 0 Å². The zero-order valence-corrected chi connectivity index (χ0v) is 12.7. The molecule has 104 valence electrons. The van der Waals surface area contributed by atoms with Gasteiger partial charge in [0.1, 0.15) is 0 Å². The second-order valence-electron chi connectivity index (χ2n) is 5.96. The topological polar surface area (TPSA) is 23.6 Å². The van der Waals surface area contributed by atoms with Crippen LogP contribution in [0.2, 0.25) is 0 Å². The molecule has 0 bridgehead atoms. The fraction of sp³-hybridized carbons (Fsp3) is 0.929. The summed E-state index contributed by atoms with van der Waals surface area (Å²) in [6.45, 7) is 3.95. The summed E-state index contributed by atoms with van der Waals surface area (Å²) < 4.78 is 0. The number of thiol groups is 1. The van der Waals surface area contributed by atoms with E-state index in [1.54, 1.807) is 6.92 Å². The molecule has 18 heavy (non-hydrogen) atoms. The van der Waals surface area contributed by atoms with Crippen LogP contribution in [0.4, 0.5) is 0 Å². The van der Waals surface area contributed by atoms with Crippen LogP contribution in [0.15, 0.2) is 0 Å². The molecule has 0 spiro atoms. The van der Waals surface area contributed by atoms with Crippen LogP contribution in [0.25, 0.3) is 0 Å². The first-order valence-corrected chi connectivity index (χ1v) is 7.71. The molecule has 2 atom stereocenters. The summed E-state index contributed by atoms with van der Waals surface area (Å²) in [5.41, 5.74) is 0. The van der Waals surface area contributed by atoms with E-state index in [2.05, 4.69) is 31.5 Å². The molecule has 0 radical (unpaired) electrons. The van der Waals surface area contributed by atoms with Gasteiger partial charge in [0.15, 0.2) is 0 Å². The average molecular weight is 270 g/mol. The number of amides is 1. The maximum absolute atomic E-state index is 11.6. The Morgan fingerprint density at radius 2 is 1.78 bits per heavy atom. The summed E-state index contributed by atoms with van der Waals surface area (Å²) in [6, 6.07) is 1.88. The highest BCUT2D eigenvalue weighted by atomic mass is 32.1. The minimum Gasteiger partial charge on any atom is -0.328 e. The fourth-order valence-electron chi connectivity index (χ4n) is 2.64. The molecule has 4 heteroatoms. The largest absolute Gasteiger partial charge is 0.328 e. The van der Waals surface area contributed by atoms with Gasteiger partial charge in [0.2, 0.25) is 5.91 Å². The molecule has 0 N–H and O–H groups in total. The maximum Gasteiger partial charge on any atom is 0.220 e. The SMILES string of the molecule is CC(=O)N(C(S)CCC(C)N(C)C1CC1)C1CC1. The lowest BCUT2D eigenvalue weighted by molar-refractivity contribution is -0.130. The van der Waals surface area contributed by atoms with Crippen molar-refractivity contribution in [2.24, 2.45) is 0 Å². The van der Waals surface area contributed by atoms with E-state index >= 15 is 0 Å².